The van der Waals surface area contributed by atoms with Crippen molar-refractivity contribution in [2.45, 2.75) is 26.4 Å². The Bertz CT molecular complexity index is 377. The second-order valence-electron chi connectivity index (χ2n) is 3.67. The molecule has 0 spiro atoms. The fraction of sp³-hybridized carbons (Fsp3) is 0.600. The third kappa shape index (κ3) is 4.31. The maximum Gasteiger partial charge on any atom is 0.317 e. The van der Waals surface area contributed by atoms with E-state index in [1.807, 2.05) is 6.92 Å². The van der Waals surface area contributed by atoms with Crippen molar-refractivity contribution in [1.82, 2.24) is 25.1 Å². The predicted octanol–water partition coefficient (Wildman–Crippen LogP) is 0.156. The minimum Gasteiger partial charge on any atom is -0.480 e. The molecule has 0 radical (unpaired) electrons. The summed E-state index contributed by atoms with van der Waals surface area (Å²) < 4.78 is 1.69. The van der Waals surface area contributed by atoms with Crippen molar-refractivity contribution in [1.29, 1.82) is 0 Å². The number of carboxylic acid groups (broad SMARTS) is 1. The molecule has 0 aliphatic heterocycles. The van der Waals surface area contributed by atoms with Gasteiger partial charge in [-0.1, -0.05) is 13.0 Å². The first kappa shape index (κ1) is 13.3. The highest BCUT2D eigenvalue weighted by Crippen LogP contribution is 2.01. The zero-order valence-corrected chi connectivity index (χ0v) is 9.91. The van der Waals surface area contributed by atoms with Gasteiger partial charge in [-0.25, -0.2) is 4.68 Å². The third-order valence-electron chi connectivity index (χ3n) is 2.15. The molecule has 1 heterocycles. The molecular weight excluding hydrogens is 222 g/mol. The van der Waals surface area contributed by atoms with E-state index in [2.05, 4.69) is 22.1 Å². The standard InChI is InChI=1S/C10H17N5O2/c1-3-5-14(8-10(16)17)7-9-11-12-13-15(9)6-4-2/h3H,1,4-8H2,2H3,(H,16,17). The SMILES string of the molecule is C=CCN(CC(=O)O)Cc1nnnn1CCC. The molecular formula is C10H17N5O2. The van der Waals surface area contributed by atoms with Gasteiger partial charge in [0.15, 0.2) is 5.82 Å². The first-order valence-corrected chi connectivity index (χ1v) is 5.47. The van der Waals surface area contributed by atoms with Gasteiger partial charge in [0.05, 0.1) is 13.1 Å². The quantitative estimate of drug-likeness (QED) is 0.650. The van der Waals surface area contributed by atoms with Crippen LogP contribution >= 0.6 is 0 Å². The lowest BCUT2D eigenvalue weighted by atomic mass is 10.4. The van der Waals surface area contributed by atoms with E-state index in [4.69, 9.17) is 5.11 Å². The zero-order chi connectivity index (χ0) is 12.7. The fourth-order valence-electron chi connectivity index (χ4n) is 1.48. The summed E-state index contributed by atoms with van der Waals surface area (Å²) in [5, 5.41) is 20.1. The Hall–Kier alpha value is -1.76. The highest BCUT2D eigenvalue weighted by Gasteiger charge is 2.13. The lowest BCUT2D eigenvalue weighted by Gasteiger charge is -2.17. The number of aryl methyl sites for hydroxylation is 1. The average molecular weight is 239 g/mol. The van der Waals surface area contributed by atoms with Crippen LogP contribution in [-0.2, 0) is 17.9 Å². The molecule has 0 aliphatic rings. The third-order valence-corrected chi connectivity index (χ3v) is 2.15. The number of carbonyl (C=O) groups is 1. The number of aliphatic carboxylic acids is 1. The topological polar surface area (TPSA) is 84.1 Å². The van der Waals surface area contributed by atoms with E-state index >= 15 is 0 Å². The van der Waals surface area contributed by atoms with Crippen molar-refractivity contribution in [2.75, 3.05) is 13.1 Å². The Morgan fingerprint density at radius 2 is 2.41 bits per heavy atom. The van der Waals surface area contributed by atoms with Gasteiger partial charge in [-0.2, -0.15) is 0 Å². The number of aromatic nitrogens is 4. The van der Waals surface area contributed by atoms with Crippen LogP contribution in [0.5, 0.6) is 0 Å². The first-order valence-electron chi connectivity index (χ1n) is 5.47. The molecule has 0 saturated carbocycles. The molecule has 0 unspecified atom stereocenters. The van der Waals surface area contributed by atoms with Crippen LogP contribution in [0.3, 0.4) is 0 Å². The van der Waals surface area contributed by atoms with E-state index in [-0.39, 0.29) is 6.54 Å². The van der Waals surface area contributed by atoms with Gasteiger partial charge in [0.25, 0.3) is 0 Å². The van der Waals surface area contributed by atoms with Crippen molar-refractivity contribution < 1.29 is 9.90 Å². The van der Waals surface area contributed by atoms with E-state index < -0.39 is 5.97 Å². The molecule has 7 nitrogen and oxygen atoms in total. The number of tetrazole rings is 1. The van der Waals surface area contributed by atoms with Gasteiger partial charge in [-0.15, -0.1) is 11.7 Å². The van der Waals surface area contributed by atoms with Crippen LogP contribution in [0, 0.1) is 0 Å². The molecule has 0 saturated heterocycles. The van der Waals surface area contributed by atoms with E-state index in [1.165, 1.54) is 0 Å². The molecule has 0 amide bonds. The van der Waals surface area contributed by atoms with Gasteiger partial charge >= 0.3 is 5.97 Å². The molecule has 0 aliphatic carbocycles. The summed E-state index contributed by atoms with van der Waals surface area (Å²) in [7, 11) is 0. The van der Waals surface area contributed by atoms with Gasteiger partial charge in [0.1, 0.15) is 0 Å². The summed E-state index contributed by atoms with van der Waals surface area (Å²) in [4.78, 5) is 12.4. The Morgan fingerprint density at radius 1 is 1.65 bits per heavy atom. The lowest BCUT2D eigenvalue weighted by Crippen LogP contribution is -2.30. The molecule has 0 atom stereocenters. The van der Waals surface area contributed by atoms with Gasteiger partial charge < -0.3 is 5.11 Å². The van der Waals surface area contributed by atoms with Crippen LogP contribution in [0.25, 0.3) is 0 Å². The van der Waals surface area contributed by atoms with Crippen LogP contribution in [-0.4, -0.2) is 49.3 Å². The second-order valence-corrected chi connectivity index (χ2v) is 3.67. The molecule has 1 aromatic heterocycles. The number of hydrogen-bond acceptors (Lipinski definition) is 5. The lowest BCUT2D eigenvalue weighted by molar-refractivity contribution is -0.138. The molecule has 0 bridgehead atoms. The highest BCUT2D eigenvalue weighted by atomic mass is 16.4. The molecule has 17 heavy (non-hydrogen) atoms. The van der Waals surface area contributed by atoms with Crippen LogP contribution < -0.4 is 0 Å². The second kappa shape index (κ2) is 6.74. The van der Waals surface area contributed by atoms with Crippen LogP contribution in [0.4, 0.5) is 0 Å². The first-order chi connectivity index (χ1) is 8.17. The number of hydrogen-bond donors (Lipinski definition) is 1. The normalized spacial score (nSPS) is 10.7. The van der Waals surface area contributed by atoms with Gasteiger partial charge in [0.2, 0.25) is 0 Å². The smallest absolute Gasteiger partial charge is 0.317 e. The Labute approximate surface area is 99.7 Å². The van der Waals surface area contributed by atoms with E-state index in [1.54, 1.807) is 15.7 Å². The summed E-state index contributed by atoms with van der Waals surface area (Å²) in [6.45, 7) is 7.22. The molecule has 0 aromatic carbocycles. The molecule has 1 N–H and O–H groups in total. The maximum atomic E-state index is 10.7. The summed E-state index contributed by atoms with van der Waals surface area (Å²) in [5.74, 6) is -0.198. The van der Waals surface area contributed by atoms with Gasteiger partial charge in [-0.3, -0.25) is 9.69 Å². The largest absolute Gasteiger partial charge is 0.480 e. The highest BCUT2D eigenvalue weighted by molar-refractivity contribution is 5.69. The Kier molecular flexibility index (Phi) is 5.28. The molecule has 7 heteroatoms. The molecule has 94 valence electrons. The van der Waals surface area contributed by atoms with Crippen molar-refractivity contribution in [3.8, 4) is 0 Å². The van der Waals surface area contributed by atoms with Crippen molar-refractivity contribution >= 4 is 5.97 Å². The molecule has 1 rings (SSSR count). The Morgan fingerprint density at radius 3 is 3.00 bits per heavy atom. The summed E-state index contributed by atoms with van der Waals surface area (Å²) in [6, 6.07) is 0. The molecule has 1 aromatic rings. The summed E-state index contributed by atoms with van der Waals surface area (Å²) in [5.41, 5.74) is 0. The summed E-state index contributed by atoms with van der Waals surface area (Å²) >= 11 is 0. The molecule has 0 fully saturated rings. The van der Waals surface area contributed by atoms with Crippen LogP contribution in [0.1, 0.15) is 19.2 Å². The van der Waals surface area contributed by atoms with Crippen molar-refractivity contribution in [3.63, 3.8) is 0 Å². The van der Waals surface area contributed by atoms with E-state index in [0.717, 1.165) is 13.0 Å². The number of rotatable bonds is 8. The van der Waals surface area contributed by atoms with E-state index in [9.17, 15) is 4.79 Å². The predicted molar refractivity (Wildman–Crippen MR) is 61.2 cm³/mol. The fourth-order valence-corrected chi connectivity index (χ4v) is 1.48. The van der Waals surface area contributed by atoms with Crippen molar-refractivity contribution in [2.24, 2.45) is 0 Å². The Balaban J connectivity index is 2.67. The maximum absolute atomic E-state index is 10.7. The number of nitrogens with zero attached hydrogens (tertiary/aromatic N) is 5. The minimum absolute atomic E-state index is 0.0506. The summed E-state index contributed by atoms with van der Waals surface area (Å²) in [6.07, 6.45) is 2.59. The van der Waals surface area contributed by atoms with Crippen LogP contribution in [0.15, 0.2) is 12.7 Å². The van der Waals surface area contributed by atoms with Gasteiger partial charge in [-0.05, 0) is 16.8 Å². The zero-order valence-electron chi connectivity index (χ0n) is 9.91. The van der Waals surface area contributed by atoms with Gasteiger partial charge in [0, 0.05) is 13.1 Å². The van der Waals surface area contributed by atoms with Crippen molar-refractivity contribution in [3.05, 3.63) is 18.5 Å². The number of carboxylic acids is 1. The van der Waals surface area contributed by atoms with E-state index in [0.29, 0.717) is 18.9 Å². The monoisotopic (exact) mass is 239 g/mol. The average Bonchev–Trinajstić information content (AvgIpc) is 2.66. The van der Waals surface area contributed by atoms with Crippen LogP contribution in [0.2, 0.25) is 0 Å². The minimum atomic E-state index is -0.874.